The van der Waals surface area contributed by atoms with Crippen molar-refractivity contribution in [2.45, 2.75) is 26.3 Å². The summed E-state index contributed by atoms with van der Waals surface area (Å²) in [6.07, 6.45) is 0. The number of phenols is 2. The van der Waals surface area contributed by atoms with Gasteiger partial charge in [0.1, 0.15) is 16.9 Å². The van der Waals surface area contributed by atoms with Gasteiger partial charge in [-0.1, -0.05) is 25.7 Å². The van der Waals surface area contributed by atoms with Gasteiger partial charge in [-0.3, -0.25) is 4.90 Å². The van der Waals surface area contributed by atoms with E-state index in [1.807, 2.05) is 6.07 Å². The molecule has 180 valence electrons. The molecule has 4 aromatic rings. The molecular formula is C28H28N2O5. The van der Waals surface area contributed by atoms with Gasteiger partial charge in [-0.25, -0.2) is 4.79 Å². The number of benzene rings is 2. The van der Waals surface area contributed by atoms with Crippen LogP contribution >= 0.6 is 0 Å². The molecule has 0 spiro atoms. The first-order valence-corrected chi connectivity index (χ1v) is 11.8. The highest BCUT2D eigenvalue weighted by atomic mass is 16.4. The van der Waals surface area contributed by atoms with Gasteiger partial charge in [-0.2, -0.15) is 0 Å². The molecule has 1 saturated heterocycles. The fourth-order valence-electron chi connectivity index (χ4n) is 4.50. The summed E-state index contributed by atoms with van der Waals surface area (Å²) < 4.78 is 12.1. The van der Waals surface area contributed by atoms with E-state index >= 15 is 0 Å². The summed E-state index contributed by atoms with van der Waals surface area (Å²) in [5.74, 6) is 6.77. The number of furan rings is 1. The van der Waals surface area contributed by atoms with Crippen LogP contribution in [0.4, 0.5) is 0 Å². The lowest BCUT2D eigenvalue weighted by atomic mass is 10.00. The largest absolute Gasteiger partial charge is 0.504 e. The molecule has 0 amide bonds. The van der Waals surface area contributed by atoms with Crippen LogP contribution in [0.25, 0.3) is 21.9 Å². The minimum atomic E-state index is -0.390. The summed E-state index contributed by atoms with van der Waals surface area (Å²) in [6, 6.07) is 9.69. The molecule has 35 heavy (non-hydrogen) atoms. The molecule has 1 aliphatic heterocycles. The molecule has 0 atom stereocenters. The van der Waals surface area contributed by atoms with Crippen molar-refractivity contribution in [3.05, 3.63) is 69.3 Å². The summed E-state index contributed by atoms with van der Waals surface area (Å²) >= 11 is 0. The van der Waals surface area contributed by atoms with E-state index in [0.29, 0.717) is 23.3 Å². The Bertz CT molecular complexity index is 1530. The van der Waals surface area contributed by atoms with Crippen molar-refractivity contribution in [2.75, 3.05) is 33.2 Å². The number of hydrogen-bond acceptors (Lipinski definition) is 7. The van der Waals surface area contributed by atoms with Crippen LogP contribution < -0.4 is 5.63 Å². The van der Waals surface area contributed by atoms with Gasteiger partial charge in [0, 0.05) is 61.0 Å². The smallest absolute Gasteiger partial charge is 0.336 e. The number of nitrogens with zero attached hydrogens (tertiary/aromatic N) is 2. The van der Waals surface area contributed by atoms with Gasteiger partial charge in [-0.05, 0) is 37.4 Å². The van der Waals surface area contributed by atoms with Crippen LogP contribution in [-0.4, -0.2) is 53.2 Å². The number of piperazine rings is 1. The highest BCUT2D eigenvalue weighted by molar-refractivity contribution is 6.00. The lowest BCUT2D eigenvalue weighted by Crippen LogP contribution is -2.43. The van der Waals surface area contributed by atoms with Crippen LogP contribution in [0.2, 0.25) is 0 Å². The van der Waals surface area contributed by atoms with Crippen LogP contribution in [0.5, 0.6) is 11.5 Å². The molecule has 7 heteroatoms. The number of rotatable bonds is 3. The molecule has 0 saturated carbocycles. The molecule has 3 heterocycles. The van der Waals surface area contributed by atoms with E-state index in [4.69, 9.17) is 8.83 Å². The molecule has 2 aromatic carbocycles. The minimum Gasteiger partial charge on any atom is -0.504 e. The average molecular weight is 473 g/mol. The fourth-order valence-corrected chi connectivity index (χ4v) is 4.50. The van der Waals surface area contributed by atoms with Crippen LogP contribution in [0.15, 0.2) is 50.0 Å². The Kier molecular flexibility index (Phi) is 6.01. The molecule has 1 aliphatic rings. The first kappa shape index (κ1) is 23.0. The maximum atomic E-state index is 12.1. The molecule has 5 rings (SSSR count). The van der Waals surface area contributed by atoms with Gasteiger partial charge in [-0.15, -0.1) is 0 Å². The van der Waals surface area contributed by atoms with Crippen molar-refractivity contribution in [3.8, 4) is 23.3 Å². The summed E-state index contributed by atoms with van der Waals surface area (Å²) in [5, 5.41) is 21.1. The summed E-state index contributed by atoms with van der Waals surface area (Å²) in [4.78, 5) is 16.8. The second-order valence-electron chi connectivity index (χ2n) is 9.43. The predicted octanol–water partition coefficient (Wildman–Crippen LogP) is 4.22. The van der Waals surface area contributed by atoms with Crippen molar-refractivity contribution in [1.82, 2.24) is 9.80 Å². The van der Waals surface area contributed by atoms with Crippen molar-refractivity contribution in [2.24, 2.45) is 0 Å². The fraction of sp³-hybridized carbons (Fsp3) is 0.321. The highest BCUT2D eigenvalue weighted by Crippen LogP contribution is 2.37. The zero-order valence-corrected chi connectivity index (χ0v) is 20.1. The quantitative estimate of drug-likeness (QED) is 0.262. The number of phenolic OH excluding ortho intramolecular Hbond substituents is 2. The Hall–Kier alpha value is -3.73. The number of hydrogen-bond donors (Lipinski definition) is 2. The topological polar surface area (TPSA) is 90.3 Å². The lowest BCUT2D eigenvalue weighted by molar-refractivity contribution is 0.148. The second-order valence-corrected chi connectivity index (χ2v) is 9.43. The minimum absolute atomic E-state index is 0.0755. The molecule has 0 radical (unpaired) electrons. The number of likely N-dealkylation sites (N-methyl/N-ethyl adjacent to an activating group) is 1. The van der Waals surface area contributed by atoms with Gasteiger partial charge < -0.3 is 23.9 Å². The van der Waals surface area contributed by atoms with E-state index < -0.39 is 0 Å². The van der Waals surface area contributed by atoms with E-state index in [-0.39, 0.29) is 23.0 Å². The molecule has 2 N–H and O–H groups in total. The van der Waals surface area contributed by atoms with Gasteiger partial charge in [0.25, 0.3) is 0 Å². The van der Waals surface area contributed by atoms with E-state index in [1.54, 1.807) is 12.1 Å². The monoisotopic (exact) mass is 472 g/mol. The standard InChI is InChI=1S/C28H28N2O5/c1-17(2)26-20(7-4-18-5-8-23(31)24(32)14-18)21-15-19-6-9-25(33)34-27(19)22(28(21)35-26)16-30-12-10-29(3)11-13-30/h5-6,8-9,14-15,17,31-32H,10-13,16H2,1-3H3. The maximum Gasteiger partial charge on any atom is 0.336 e. The van der Waals surface area contributed by atoms with Crippen molar-refractivity contribution >= 4 is 21.9 Å². The maximum absolute atomic E-state index is 12.1. The Labute approximate surface area is 203 Å². The predicted molar refractivity (Wildman–Crippen MR) is 135 cm³/mol. The lowest BCUT2D eigenvalue weighted by Gasteiger charge is -2.32. The summed E-state index contributed by atoms with van der Waals surface area (Å²) in [6.45, 7) is 8.50. The van der Waals surface area contributed by atoms with Crippen LogP contribution in [0, 0.1) is 11.8 Å². The molecular weight excluding hydrogens is 444 g/mol. The molecule has 0 bridgehead atoms. The molecule has 2 aromatic heterocycles. The van der Waals surface area contributed by atoms with E-state index in [0.717, 1.165) is 53.8 Å². The normalized spacial score (nSPS) is 15.1. The molecule has 1 fully saturated rings. The molecule has 0 aliphatic carbocycles. The zero-order valence-electron chi connectivity index (χ0n) is 20.1. The van der Waals surface area contributed by atoms with Gasteiger partial charge in [0.05, 0.1) is 11.1 Å². The van der Waals surface area contributed by atoms with Gasteiger partial charge in [0.15, 0.2) is 11.5 Å². The van der Waals surface area contributed by atoms with Crippen molar-refractivity contribution < 1.29 is 19.0 Å². The van der Waals surface area contributed by atoms with E-state index in [2.05, 4.69) is 42.5 Å². The molecule has 0 unspecified atom stereocenters. The average Bonchev–Trinajstić information content (AvgIpc) is 3.20. The SMILES string of the molecule is CC(C)c1oc2c(CN3CCN(C)CC3)c3oc(=O)ccc3cc2c1C#Cc1ccc(O)c(O)c1. The Balaban J connectivity index is 1.70. The van der Waals surface area contributed by atoms with Gasteiger partial charge in [0.2, 0.25) is 0 Å². The van der Waals surface area contributed by atoms with Crippen LogP contribution in [0.3, 0.4) is 0 Å². The second kappa shape index (κ2) is 9.14. The first-order valence-electron chi connectivity index (χ1n) is 11.8. The van der Waals surface area contributed by atoms with Crippen molar-refractivity contribution in [3.63, 3.8) is 0 Å². The third kappa shape index (κ3) is 4.51. The van der Waals surface area contributed by atoms with Crippen molar-refractivity contribution in [1.29, 1.82) is 0 Å². The number of aromatic hydroxyl groups is 2. The van der Waals surface area contributed by atoms with Crippen LogP contribution in [-0.2, 0) is 6.54 Å². The van der Waals surface area contributed by atoms with E-state index in [9.17, 15) is 15.0 Å². The highest BCUT2D eigenvalue weighted by Gasteiger charge is 2.24. The zero-order chi connectivity index (χ0) is 24.7. The first-order chi connectivity index (χ1) is 16.8. The summed E-state index contributed by atoms with van der Waals surface area (Å²) in [5.41, 5.74) is 3.06. The third-order valence-corrected chi connectivity index (χ3v) is 6.49. The molecule has 7 nitrogen and oxygen atoms in total. The Morgan fingerprint density at radius 1 is 0.943 bits per heavy atom. The Morgan fingerprint density at radius 2 is 1.71 bits per heavy atom. The third-order valence-electron chi connectivity index (χ3n) is 6.49. The summed E-state index contributed by atoms with van der Waals surface area (Å²) in [7, 11) is 2.12. The Morgan fingerprint density at radius 3 is 2.43 bits per heavy atom. The van der Waals surface area contributed by atoms with Crippen LogP contribution in [0.1, 0.15) is 42.2 Å². The number of fused-ring (bicyclic) bond motifs is 2. The van der Waals surface area contributed by atoms with E-state index in [1.165, 1.54) is 18.2 Å². The van der Waals surface area contributed by atoms with Gasteiger partial charge >= 0.3 is 5.63 Å².